The van der Waals surface area contributed by atoms with Crippen LogP contribution in [0.4, 0.5) is 0 Å². The lowest BCUT2D eigenvalue weighted by atomic mass is 10.1. The van der Waals surface area contributed by atoms with Gasteiger partial charge >= 0.3 is 0 Å². The number of hydrogen-bond donors (Lipinski definition) is 1. The molecule has 0 spiro atoms. The maximum Gasteiger partial charge on any atom is 0.123 e. The van der Waals surface area contributed by atoms with Crippen molar-refractivity contribution in [2.75, 3.05) is 0 Å². The van der Waals surface area contributed by atoms with Gasteiger partial charge in [0, 0.05) is 11.1 Å². The number of nitrogens with two attached hydrogens (primary N) is 1. The molecule has 1 atom stereocenters. The smallest absolute Gasteiger partial charge is 0.123 e. The Morgan fingerprint density at radius 3 is 2.53 bits per heavy atom. The van der Waals surface area contributed by atoms with Crippen molar-refractivity contribution in [1.29, 1.82) is 0 Å². The van der Waals surface area contributed by atoms with Gasteiger partial charge in [0.2, 0.25) is 0 Å². The van der Waals surface area contributed by atoms with Crippen LogP contribution in [0, 0.1) is 0 Å². The molecule has 0 fully saturated rings. The molecule has 1 aromatic rings. The van der Waals surface area contributed by atoms with Gasteiger partial charge in [-0.2, -0.15) is 0 Å². The van der Waals surface area contributed by atoms with Crippen molar-refractivity contribution >= 4 is 11.6 Å². The molecule has 1 rings (SSSR count). The highest BCUT2D eigenvalue weighted by Crippen LogP contribution is 2.24. The van der Waals surface area contributed by atoms with E-state index in [1.165, 1.54) is 0 Å². The molecule has 2 nitrogen and oxygen atoms in total. The molecule has 0 aliphatic rings. The first kappa shape index (κ1) is 12.3. The average molecular weight is 228 g/mol. The standard InChI is InChI=1S/C12H18ClNO/c1-8(2)15-12-5-4-11(13)7-10(12)6-9(3)14/h4-5,7-9H,6,14H2,1-3H3. The SMILES string of the molecule is CC(N)Cc1cc(Cl)ccc1OC(C)C. The van der Waals surface area contributed by atoms with E-state index in [0.29, 0.717) is 0 Å². The lowest BCUT2D eigenvalue weighted by Crippen LogP contribution is -2.19. The van der Waals surface area contributed by atoms with Crippen molar-refractivity contribution in [2.45, 2.75) is 39.3 Å². The topological polar surface area (TPSA) is 35.2 Å². The lowest BCUT2D eigenvalue weighted by molar-refractivity contribution is 0.239. The molecule has 0 aliphatic carbocycles. The van der Waals surface area contributed by atoms with E-state index in [2.05, 4.69) is 0 Å². The van der Waals surface area contributed by atoms with Gasteiger partial charge in [0.25, 0.3) is 0 Å². The summed E-state index contributed by atoms with van der Waals surface area (Å²) in [5.41, 5.74) is 6.85. The Labute approximate surface area is 96.4 Å². The van der Waals surface area contributed by atoms with Gasteiger partial charge in [-0.3, -0.25) is 0 Å². The van der Waals surface area contributed by atoms with Crippen LogP contribution in [0.1, 0.15) is 26.3 Å². The summed E-state index contributed by atoms with van der Waals surface area (Å²) < 4.78 is 5.69. The highest BCUT2D eigenvalue weighted by Gasteiger charge is 2.08. The van der Waals surface area contributed by atoms with Gasteiger partial charge in [0.05, 0.1) is 6.10 Å². The highest BCUT2D eigenvalue weighted by atomic mass is 35.5. The van der Waals surface area contributed by atoms with Gasteiger partial charge in [0.1, 0.15) is 5.75 Å². The molecule has 0 radical (unpaired) electrons. The number of halogens is 1. The zero-order valence-electron chi connectivity index (χ0n) is 9.46. The Bertz CT molecular complexity index is 323. The van der Waals surface area contributed by atoms with Crippen LogP contribution in [-0.4, -0.2) is 12.1 Å². The fraction of sp³-hybridized carbons (Fsp3) is 0.500. The van der Waals surface area contributed by atoms with E-state index in [1.807, 2.05) is 39.0 Å². The molecular weight excluding hydrogens is 210 g/mol. The summed E-state index contributed by atoms with van der Waals surface area (Å²) in [4.78, 5) is 0. The van der Waals surface area contributed by atoms with E-state index in [-0.39, 0.29) is 12.1 Å². The van der Waals surface area contributed by atoms with E-state index in [1.54, 1.807) is 0 Å². The zero-order chi connectivity index (χ0) is 11.4. The zero-order valence-corrected chi connectivity index (χ0v) is 10.2. The van der Waals surface area contributed by atoms with Gasteiger partial charge in [0.15, 0.2) is 0 Å². The van der Waals surface area contributed by atoms with Crippen LogP contribution in [0.3, 0.4) is 0 Å². The van der Waals surface area contributed by atoms with Crippen LogP contribution in [0.5, 0.6) is 5.75 Å². The number of ether oxygens (including phenoxy) is 1. The van der Waals surface area contributed by atoms with E-state index < -0.39 is 0 Å². The summed E-state index contributed by atoms with van der Waals surface area (Å²) in [6.45, 7) is 5.98. The summed E-state index contributed by atoms with van der Waals surface area (Å²) in [5.74, 6) is 0.881. The third kappa shape index (κ3) is 4.10. The van der Waals surface area contributed by atoms with Gasteiger partial charge in [-0.25, -0.2) is 0 Å². The summed E-state index contributed by atoms with van der Waals surface area (Å²) in [7, 11) is 0. The maximum absolute atomic E-state index is 5.94. The first-order valence-electron chi connectivity index (χ1n) is 5.19. The van der Waals surface area contributed by atoms with Gasteiger partial charge < -0.3 is 10.5 Å². The Balaban J connectivity index is 2.92. The molecule has 84 valence electrons. The second kappa shape index (κ2) is 5.38. The summed E-state index contributed by atoms with van der Waals surface area (Å²) in [6, 6.07) is 5.77. The molecule has 2 N–H and O–H groups in total. The number of rotatable bonds is 4. The third-order valence-corrected chi connectivity index (χ3v) is 2.16. The number of hydrogen-bond acceptors (Lipinski definition) is 2. The quantitative estimate of drug-likeness (QED) is 0.858. The normalized spacial score (nSPS) is 12.9. The van der Waals surface area contributed by atoms with Crippen LogP contribution >= 0.6 is 11.6 Å². The Morgan fingerprint density at radius 2 is 2.00 bits per heavy atom. The molecular formula is C12H18ClNO. The first-order chi connectivity index (χ1) is 6.99. The van der Waals surface area contributed by atoms with Crippen LogP contribution in [0.25, 0.3) is 0 Å². The summed E-state index contributed by atoms with van der Waals surface area (Å²) >= 11 is 5.94. The second-order valence-corrected chi connectivity index (χ2v) is 4.54. The third-order valence-electron chi connectivity index (χ3n) is 1.93. The van der Waals surface area contributed by atoms with Gasteiger partial charge in [-0.15, -0.1) is 0 Å². The van der Waals surface area contributed by atoms with Crippen molar-refractivity contribution in [3.05, 3.63) is 28.8 Å². The summed E-state index contributed by atoms with van der Waals surface area (Å²) in [6.07, 6.45) is 0.945. The molecule has 0 bridgehead atoms. The van der Waals surface area contributed by atoms with E-state index in [4.69, 9.17) is 22.1 Å². The molecule has 3 heteroatoms. The maximum atomic E-state index is 5.94. The largest absolute Gasteiger partial charge is 0.491 e. The molecule has 1 aromatic carbocycles. The van der Waals surface area contributed by atoms with Crippen molar-refractivity contribution in [2.24, 2.45) is 5.73 Å². The van der Waals surface area contributed by atoms with Gasteiger partial charge in [-0.1, -0.05) is 11.6 Å². The fourth-order valence-electron chi connectivity index (χ4n) is 1.42. The second-order valence-electron chi connectivity index (χ2n) is 4.10. The molecule has 0 saturated heterocycles. The Hall–Kier alpha value is -0.730. The highest BCUT2D eigenvalue weighted by molar-refractivity contribution is 6.30. The Kier molecular flexibility index (Phi) is 4.43. The van der Waals surface area contributed by atoms with Crippen molar-refractivity contribution in [3.8, 4) is 5.75 Å². The lowest BCUT2D eigenvalue weighted by Gasteiger charge is -2.15. The number of benzene rings is 1. The molecule has 0 aliphatic heterocycles. The van der Waals surface area contributed by atoms with Crippen molar-refractivity contribution < 1.29 is 4.74 Å². The van der Waals surface area contributed by atoms with Gasteiger partial charge in [-0.05, 0) is 51.0 Å². The monoisotopic (exact) mass is 227 g/mol. The van der Waals surface area contributed by atoms with Crippen molar-refractivity contribution in [3.63, 3.8) is 0 Å². The minimum absolute atomic E-state index is 0.109. The fourth-order valence-corrected chi connectivity index (χ4v) is 1.62. The summed E-state index contributed by atoms with van der Waals surface area (Å²) in [5, 5.41) is 0.724. The first-order valence-corrected chi connectivity index (χ1v) is 5.57. The van der Waals surface area contributed by atoms with E-state index in [9.17, 15) is 0 Å². The molecule has 0 heterocycles. The van der Waals surface area contributed by atoms with Crippen LogP contribution in [0.15, 0.2) is 18.2 Å². The van der Waals surface area contributed by atoms with Crippen LogP contribution in [-0.2, 0) is 6.42 Å². The Morgan fingerprint density at radius 1 is 1.33 bits per heavy atom. The molecule has 1 unspecified atom stereocenters. The molecule has 0 saturated carbocycles. The van der Waals surface area contributed by atoms with Crippen molar-refractivity contribution in [1.82, 2.24) is 0 Å². The van der Waals surface area contributed by atoms with E-state index in [0.717, 1.165) is 22.8 Å². The molecule has 15 heavy (non-hydrogen) atoms. The predicted octanol–water partition coefficient (Wildman–Crippen LogP) is 3.02. The predicted molar refractivity (Wildman–Crippen MR) is 64.6 cm³/mol. The molecule has 0 aromatic heterocycles. The van der Waals surface area contributed by atoms with Crippen LogP contribution in [0.2, 0.25) is 5.02 Å². The van der Waals surface area contributed by atoms with Crippen LogP contribution < -0.4 is 10.5 Å². The minimum atomic E-state index is 0.109. The average Bonchev–Trinajstić information content (AvgIpc) is 2.08. The minimum Gasteiger partial charge on any atom is -0.491 e. The molecule has 0 amide bonds. The van der Waals surface area contributed by atoms with E-state index >= 15 is 0 Å².